The molecule has 0 unspecified atom stereocenters. The van der Waals surface area contributed by atoms with Crippen molar-refractivity contribution in [2.24, 2.45) is 0 Å². The molecular weight excluding hydrogens is 199 g/mol. The lowest BCUT2D eigenvalue weighted by molar-refractivity contribution is 0.112. The SMILES string of the molecule is COc1c(C=O)cc(F)c(O)c1Cl. The van der Waals surface area contributed by atoms with Gasteiger partial charge in [0.05, 0.1) is 12.7 Å². The van der Waals surface area contributed by atoms with Crippen molar-refractivity contribution < 1.29 is 19.0 Å². The normalized spacial score (nSPS) is 9.77. The third-order valence-corrected chi connectivity index (χ3v) is 1.86. The zero-order valence-electron chi connectivity index (χ0n) is 6.67. The summed E-state index contributed by atoms with van der Waals surface area (Å²) >= 11 is 5.51. The van der Waals surface area contributed by atoms with Gasteiger partial charge in [-0.15, -0.1) is 0 Å². The molecule has 70 valence electrons. The summed E-state index contributed by atoms with van der Waals surface area (Å²) in [5.41, 5.74) is -0.0391. The van der Waals surface area contributed by atoms with Crippen molar-refractivity contribution in [3.05, 3.63) is 22.5 Å². The highest BCUT2D eigenvalue weighted by atomic mass is 35.5. The fraction of sp³-hybridized carbons (Fsp3) is 0.125. The van der Waals surface area contributed by atoms with Crippen molar-refractivity contribution in [2.45, 2.75) is 0 Å². The fourth-order valence-corrected chi connectivity index (χ4v) is 1.18. The Hall–Kier alpha value is -1.29. The molecule has 0 saturated heterocycles. The van der Waals surface area contributed by atoms with E-state index in [1.54, 1.807) is 0 Å². The number of methoxy groups -OCH3 is 1. The Morgan fingerprint density at radius 1 is 1.69 bits per heavy atom. The number of carbonyl (C=O) groups is 1. The third-order valence-electron chi connectivity index (χ3n) is 1.51. The maximum Gasteiger partial charge on any atom is 0.174 e. The monoisotopic (exact) mass is 204 g/mol. The van der Waals surface area contributed by atoms with Crippen molar-refractivity contribution in [3.8, 4) is 11.5 Å². The largest absolute Gasteiger partial charge is 0.504 e. The van der Waals surface area contributed by atoms with E-state index in [2.05, 4.69) is 0 Å². The van der Waals surface area contributed by atoms with Gasteiger partial charge < -0.3 is 9.84 Å². The molecule has 0 heterocycles. The second-order valence-electron chi connectivity index (χ2n) is 2.26. The van der Waals surface area contributed by atoms with Gasteiger partial charge in [0.25, 0.3) is 0 Å². The average molecular weight is 205 g/mol. The Balaban J connectivity index is 3.47. The van der Waals surface area contributed by atoms with E-state index in [9.17, 15) is 9.18 Å². The second kappa shape index (κ2) is 3.62. The summed E-state index contributed by atoms with van der Waals surface area (Å²) in [7, 11) is 1.27. The molecule has 0 aliphatic carbocycles. The summed E-state index contributed by atoms with van der Waals surface area (Å²) in [6.45, 7) is 0. The van der Waals surface area contributed by atoms with E-state index in [0.29, 0.717) is 6.29 Å². The Kier molecular flexibility index (Phi) is 2.72. The number of rotatable bonds is 2. The zero-order chi connectivity index (χ0) is 10.0. The van der Waals surface area contributed by atoms with Crippen molar-refractivity contribution in [1.82, 2.24) is 0 Å². The Morgan fingerprint density at radius 2 is 2.31 bits per heavy atom. The molecule has 0 bridgehead atoms. The van der Waals surface area contributed by atoms with E-state index in [1.165, 1.54) is 7.11 Å². The summed E-state index contributed by atoms with van der Waals surface area (Å²) in [6.07, 6.45) is 0.396. The highest BCUT2D eigenvalue weighted by Gasteiger charge is 2.16. The van der Waals surface area contributed by atoms with Crippen LogP contribution in [-0.4, -0.2) is 18.5 Å². The third kappa shape index (κ3) is 1.58. The molecule has 3 nitrogen and oxygen atoms in total. The predicted octanol–water partition coefficient (Wildman–Crippen LogP) is 2.01. The van der Waals surface area contributed by atoms with Crippen LogP contribution in [0.25, 0.3) is 0 Å². The Bertz CT molecular complexity index is 352. The number of hydrogen-bond acceptors (Lipinski definition) is 3. The van der Waals surface area contributed by atoms with E-state index >= 15 is 0 Å². The summed E-state index contributed by atoms with van der Waals surface area (Å²) in [6, 6.07) is 0.854. The molecule has 0 atom stereocenters. The number of aromatic hydroxyl groups is 1. The summed E-state index contributed by atoms with van der Waals surface area (Å²) in [5.74, 6) is -1.70. The molecule has 0 fully saturated rings. The van der Waals surface area contributed by atoms with E-state index in [0.717, 1.165) is 6.07 Å². The Morgan fingerprint density at radius 3 is 2.77 bits per heavy atom. The van der Waals surface area contributed by atoms with Gasteiger partial charge in [0, 0.05) is 0 Å². The lowest BCUT2D eigenvalue weighted by atomic mass is 10.2. The zero-order valence-corrected chi connectivity index (χ0v) is 7.43. The molecule has 0 saturated carbocycles. The molecule has 13 heavy (non-hydrogen) atoms. The van der Waals surface area contributed by atoms with Gasteiger partial charge >= 0.3 is 0 Å². The topological polar surface area (TPSA) is 46.5 Å². The van der Waals surface area contributed by atoms with Crippen LogP contribution in [0.1, 0.15) is 10.4 Å². The molecule has 5 heteroatoms. The van der Waals surface area contributed by atoms with Crippen LogP contribution in [0.5, 0.6) is 11.5 Å². The van der Waals surface area contributed by atoms with Gasteiger partial charge in [-0.2, -0.15) is 0 Å². The number of carbonyl (C=O) groups excluding carboxylic acids is 1. The van der Waals surface area contributed by atoms with Crippen LogP contribution in [0.15, 0.2) is 6.07 Å². The van der Waals surface area contributed by atoms with Gasteiger partial charge in [0.2, 0.25) is 0 Å². The maximum atomic E-state index is 12.8. The number of phenolic OH excluding ortho intramolecular Hbond substituents is 1. The van der Waals surface area contributed by atoms with Crippen LogP contribution in [0, 0.1) is 5.82 Å². The van der Waals surface area contributed by atoms with Gasteiger partial charge in [-0.1, -0.05) is 11.6 Å². The summed E-state index contributed by atoms with van der Waals surface area (Å²) < 4.78 is 17.5. The summed E-state index contributed by atoms with van der Waals surface area (Å²) in [5, 5.41) is 8.73. The minimum atomic E-state index is -0.951. The molecule has 1 aromatic rings. The lowest BCUT2D eigenvalue weighted by Crippen LogP contribution is -1.93. The quantitative estimate of drug-likeness (QED) is 0.750. The molecule has 0 radical (unpaired) electrons. The molecule has 0 aromatic heterocycles. The van der Waals surface area contributed by atoms with Crippen LogP contribution >= 0.6 is 11.6 Å². The van der Waals surface area contributed by atoms with Gasteiger partial charge in [0.15, 0.2) is 23.6 Å². The molecule has 0 spiro atoms. The summed E-state index contributed by atoms with van der Waals surface area (Å²) in [4.78, 5) is 10.4. The van der Waals surface area contributed by atoms with Gasteiger partial charge in [-0.3, -0.25) is 4.79 Å². The minimum Gasteiger partial charge on any atom is -0.504 e. The molecule has 1 aromatic carbocycles. The molecule has 0 amide bonds. The fourth-order valence-electron chi connectivity index (χ4n) is 0.905. The smallest absolute Gasteiger partial charge is 0.174 e. The number of hydrogen-bond donors (Lipinski definition) is 1. The van der Waals surface area contributed by atoms with Crippen LogP contribution < -0.4 is 4.74 Å². The first-order valence-corrected chi connectivity index (χ1v) is 3.69. The highest BCUT2D eigenvalue weighted by Crippen LogP contribution is 2.37. The predicted molar refractivity (Wildman–Crippen MR) is 45.0 cm³/mol. The van der Waals surface area contributed by atoms with Gasteiger partial charge in [-0.05, 0) is 6.07 Å². The molecule has 0 aliphatic rings. The molecule has 0 aliphatic heterocycles. The van der Waals surface area contributed by atoms with Crippen molar-refractivity contribution in [1.29, 1.82) is 0 Å². The van der Waals surface area contributed by atoms with Crippen molar-refractivity contribution in [2.75, 3.05) is 7.11 Å². The standard InChI is InChI=1S/C8H6ClFO3/c1-13-8-4(3-11)2-5(10)7(12)6(8)9/h2-3,12H,1H3. The first-order valence-electron chi connectivity index (χ1n) is 3.32. The number of benzene rings is 1. The van der Waals surface area contributed by atoms with Crippen LogP contribution in [0.4, 0.5) is 4.39 Å². The first-order chi connectivity index (χ1) is 6.11. The second-order valence-corrected chi connectivity index (χ2v) is 2.64. The molecular formula is C8H6ClFO3. The highest BCUT2D eigenvalue weighted by molar-refractivity contribution is 6.34. The molecule has 1 N–H and O–H groups in total. The molecule has 1 rings (SSSR count). The maximum absolute atomic E-state index is 12.8. The van der Waals surface area contributed by atoms with Crippen LogP contribution in [-0.2, 0) is 0 Å². The van der Waals surface area contributed by atoms with Crippen LogP contribution in [0.2, 0.25) is 5.02 Å². The number of aldehydes is 1. The Labute approximate surface area is 78.7 Å². The van der Waals surface area contributed by atoms with Gasteiger partial charge in [0.1, 0.15) is 5.02 Å². The van der Waals surface area contributed by atoms with E-state index < -0.39 is 11.6 Å². The van der Waals surface area contributed by atoms with E-state index in [-0.39, 0.29) is 16.3 Å². The van der Waals surface area contributed by atoms with E-state index in [4.69, 9.17) is 21.4 Å². The van der Waals surface area contributed by atoms with Gasteiger partial charge in [-0.25, -0.2) is 4.39 Å². The van der Waals surface area contributed by atoms with Crippen LogP contribution in [0.3, 0.4) is 0 Å². The van der Waals surface area contributed by atoms with E-state index in [1.807, 2.05) is 0 Å². The minimum absolute atomic E-state index is 0.0319. The number of phenols is 1. The first kappa shape index (κ1) is 9.80. The number of ether oxygens (including phenoxy) is 1. The number of halogens is 2. The van der Waals surface area contributed by atoms with Crippen molar-refractivity contribution >= 4 is 17.9 Å². The average Bonchev–Trinajstić information content (AvgIpc) is 2.13. The lowest BCUT2D eigenvalue weighted by Gasteiger charge is -2.07. The van der Waals surface area contributed by atoms with Crippen molar-refractivity contribution in [3.63, 3.8) is 0 Å².